The summed E-state index contributed by atoms with van der Waals surface area (Å²) in [4.78, 5) is 54.4. The maximum Gasteiger partial charge on any atom is 0.246 e. The highest BCUT2D eigenvalue weighted by atomic mass is 16.3. The Balaban J connectivity index is 1.83. The van der Waals surface area contributed by atoms with Crippen LogP contribution in [0.5, 0.6) is 0 Å². The van der Waals surface area contributed by atoms with Crippen LogP contribution in [-0.2, 0) is 19.2 Å². The van der Waals surface area contributed by atoms with Crippen LogP contribution in [0.2, 0.25) is 0 Å². The van der Waals surface area contributed by atoms with Crippen molar-refractivity contribution < 1.29 is 24.3 Å². The molecule has 1 saturated heterocycles. The lowest BCUT2D eigenvalue weighted by Gasteiger charge is -2.38. The second-order valence-corrected chi connectivity index (χ2v) is 15.1. The number of fused-ring (bicyclic) bond motifs is 1. The molecule has 2 unspecified atom stereocenters. The zero-order valence-corrected chi connectivity index (χ0v) is 24.3. The third-order valence-corrected chi connectivity index (χ3v) is 9.39. The zero-order valence-electron chi connectivity index (χ0n) is 24.3. The molecule has 0 aromatic rings. The molecule has 1 heterocycles. The van der Waals surface area contributed by atoms with Crippen molar-refractivity contribution in [2.45, 2.75) is 112 Å². The van der Waals surface area contributed by atoms with Gasteiger partial charge in [0.25, 0.3) is 0 Å². The second-order valence-electron chi connectivity index (χ2n) is 15.1. The molecular formula is C30H50N2O5. The van der Waals surface area contributed by atoms with E-state index >= 15 is 0 Å². The van der Waals surface area contributed by atoms with Crippen LogP contribution in [0.3, 0.4) is 0 Å². The summed E-state index contributed by atoms with van der Waals surface area (Å²) >= 11 is 0. The summed E-state index contributed by atoms with van der Waals surface area (Å²) in [5.41, 5.74) is 4.81. The van der Waals surface area contributed by atoms with Gasteiger partial charge in [-0.05, 0) is 40.4 Å². The Kier molecular flexibility index (Phi) is 8.39. The van der Waals surface area contributed by atoms with E-state index < -0.39 is 35.3 Å². The van der Waals surface area contributed by atoms with Gasteiger partial charge in [-0.3, -0.25) is 19.2 Å². The predicted octanol–water partition coefficient (Wildman–Crippen LogP) is 4.14. The van der Waals surface area contributed by atoms with Crippen LogP contribution in [0, 0.1) is 45.8 Å². The average Bonchev–Trinajstić information content (AvgIpc) is 3.06. The molecule has 0 radical (unpaired) electrons. The normalized spacial score (nSPS) is 27.6. The minimum Gasteiger partial charge on any atom is -0.383 e. The van der Waals surface area contributed by atoms with Gasteiger partial charge in [0.1, 0.15) is 11.9 Å². The Labute approximate surface area is 223 Å². The van der Waals surface area contributed by atoms with Crippen molar-refractivity contribution in [2.24, 2.45) is 51.6 Å². The summed E-state index contributed by atoms with van der Waals surface area (Å²) in [6.07, 6.45) is 3.05. The van der Waals surface area contributed by atoms with E-state index in [-0.39, 0.29) is 53.0 Å². The standard InChI is InChI=1S/C30H50N2O5/c1-28(2,3)15-19(33)14-20(29(4,5)6)27(37)32-16-21-23(30(21,7)8)24(32)22(34)13-18(25(35)26(31)36)12-17-10-9-11-17/h17-18,20-21,23-25,35H,9-16H2,1-8H3,(H2,31,36)/t18?,20-,21+,23+,24-,25?/m1/s1. The predicted molar refractivity (Wildman–Crippen MR) is 143 cm³/mol. The average molecular weight is 519 g/mol. The summed E-state index contributed by atoms with van der Waals surface area (Å²) in [5, 5.41) is 10.5. The summed E-state index contributed by atoms with van der Waals surface area (Å²) in [5.74, 6) is -1.29. The molecule has 2 saturated carbocycles. The first kappa shape index (κ1) is 29.8. The quantitative estimate of drug-likeness (QED) is 0.426. The molecule has 3 fully saturated rings. The maximum absolute atomic E-state index is 14.0. The van der Waals surface area contributed by atoms with Crippen molar-refractivity contribution in [3.63, 3.8) is 0 Å². The first-order valence-electron chi connectivity index (χ1n) is 14.2. The Morgan fingerprint density at radius 3 is 2.08 bits per heavy atom. The molecule has 1 aliphatic heterocycles. The largest absolute Gasteiger partial charge is 0.383 e. The second kappa shape index (κ2) is 10.4. The fourth-order valence-corrected chi connectivity index (χ4v) is 6.83. The third kappa shape index (κ3) is 6.63. The third-order valence-electron chi connectivity index (χ3n) is 9.39. The van der Waals surface area contributed by atoms with Crippen LogP contribution in [0.15, 0.2) is 0 Å². The molecular weight excluding hydrogens is 468 g/mol. The number of carbonyl (C=O) groups is 4. The number of carbonyl (C=O) groups excluding carboxylic acids is 4. The van der Waals surface area contributed by atoms with Gasteiger partial charge in [0.05, 0.1) is 6.04 Å². The van der Waals surface area contributed by atoms with Gasteiger partial charge < -0.3 is 15.7 Å². The number of nitrogens with zero attached hydrogens (tertiary/aromatic N) is 1. The number of nitrogens with two attached hydrogens (primary N) is 1. The molecule has 7 nitrogen and oxygen atoms in total. The molecule has 0 aromatic carbocycles. The number of likely N-dealkylation sites (tertiary alicyclic amines) is 1. The van der Waals surface area contributed by atoms with Crippen molar-refractivity contribution >= 4 is 23.4 Å². The summed E-state index contributed by atoms with van der Waals surface area (Å²) in [6, 6.07) is -0.584. The van der Waals surface area contributed by atoms with Gasteiger partial charge in [0.15, 0.2) is 5.78 Å². The fraction of sp³-hybridized carbons (Fsp3) is 0.867. The van der Waals surface area contributed by atoms with Gasteiger partial charge in [-0.15, -0.1) is 0 Å². The van der Waals surface area contributed by atoms with E-state index in [1.54, 1.807) is 4.90 Å². The van der Waals surface area contributed by atoms with Crippen molar-refractivity contribution in [3.05, 3.63) is 0 Å². The first-order valence-corrected chi connectivity index (χ1v) is 14.2. The van der Waals surface area contributed by atoms with E-state index in [4.69, 9.17) is 5.73 Å². The SMILES string of the molecule is CC(C)(C)CC(=O)C[C@H](C(=O)N1C[C@H]2[C@@H]([C@H]1C(=O)CC(CC1CCC1)C(O)C(N)=O)C2(C)C)C(C)(C)C. The fourth-order valence-electron chi connectivity index (χ4n) is 6.83. The lowest BCUT2D eigenvalue weighted by Crippen LogP contribution is -2.51. The van der Waals surface area contributed by atoms with Gasteiger partial charge in [-0.1, -0.05) is 74.7 Å². The molecule has 0 aromatic heterocycles. The van der Waals surface area contributed by atoms with Crippen LogP contribution >= 0.6 is 0 Å². The van der Waals surface area contributed by atoms with Crippen molar-refractivity contribution in [1.82, 2.24) is 4.90 Å². The number of rotatable bonds is 11. The number of hydrogen-bond acceptors (Lipinski definition) is 5. The van der Waals surface area contributed by atoms with Crippen molar-refractivity contribution in [3.8, 4) is 0 Å². The van der Waals surface area contributed by atoms with E-state index in [2.05, 4.69) is 13.8 Å². The van der Waals surface area contributed by atoms with Crippen LogP contribution in [-0.4, -0.2) is 52.1 Å². The smallest absolute Gasteiger partial charge is 0.246 e. The molecule has 2 aliphatic carbocycles. The minimum atomic E-state index is -1.37. The monoisotopic (exact) mass is 518 g/mol. The van der Waals surface area contributed by atoms with Crippen LogP contribution in [0.4, 0.5) is 0 Å². The van der Waals surface area contributed by atoms with E-state index in [0.29, 0.717) is 25.3 Å². The summed E-state index contributed by atoms with van der Waals surface area (Å²) < 4.78 is 0. The van der Waals surface area contributed by atoms with Gasteiger partial charge >= 0.3 is 0 Å². The number of ketones is 2. The molecule has 3 N–H and O–H groups in total. The number of primary amides is 1. The Morgan fingerprint density at radius 2 is 1.62 bits per heavy atom. The number of Topliss-reactive ketones (excluding diaryl/α,β-unsaturated/α-hetero) is 2. The van der Waals surface area contributed by atoms with E-state index in [1.807, 2.05) is 41.5 Å². The molecule has 3 aliphatic rings. The first-order chi connectivity index (χ1) is 16.8. The van der Waals surface area contributed by atoms with E-state index in [9.17, 15) is 24.3 Å². The molecule has 210 valence electrons. The van der Waals surface area contributed by atoms with Crippen LogP contribution in [0.1, 0.15) is 100 Å². The van der Waals surface area contributed by atoms with E-state index in [0.717, 1.165) is 19.3 Å². The maximum atomic E-state index is 14.0. The Morgan fingerprint density at radius 1 is 1.03 bits per heavy atom. The molecule has 0 spiro atoms. The Bertz CT molecular complexity index is 908. The number of hydrogen-bond donors (Lipinski definition) is 2. The van der Waals surface area contributed by atoms with Crippen LogP contribution in [0.25, 0.3) is 0 Å². The molecule has 0 bridgehead atoms. The number of piperidine rings is 1. The van der Waals surface area contributed by atoms with Gasteiger partial charge in [0, 0.05) is 37.6 Å². The van der Waals surface area contributed by atoms with Gasteiger partial charge in [-0.2, -0.15) is 0 Å². The highest BCUT2D eigenvalue weighted by Crippen LogP contribution is 2.65. The number of aliphatic hydroxyl groups is 1. The van der Waals surface area contributed by atoms with Gasteiger partial charge in [-0.25, -0.2) is 0 Å². The lowest BCUT2D eigenvalue weighted by molar-refractivity contribution is -0.148. The zero-order chi connectivity index (χ0) is 28.1. The molecule has 6 atom stereocenters. The molecule has 7 heteroatoms. The molecule has 37 heavy (non-hydrogen) atoms. The van der Waals surface area contributed by atoms with Crippen LogP contribution < -0.4 is 5.73 Å². The van der Waals surface area contributed by atoms with Gasteiger partial charge in [0.2, 0.25) is 11.8 Å². The topological polar surface area (TPSA) is 118 Å². The highest BCUT2D eigenvalue weighted by Gasteiger charge is 2.69. The van der Waals surface area contributed by atoms with E-state index in [1.165, 1.54) is 0 Å². The lowest BCUT2D eigenvalue weighted by atomic mass is 9.74. The molecule has 2 amide bonds. The van der Waals surface area contributed by atoms with Crippen molar-refractivity contribution in [1.29, 1.82) is 0 Å². The highest BCUT2D eigenvalue weighted by molar-refractivity contribution is 5.94. The molecule has 3 rings (SSSR count). The Hall–Kier alpha value is -1.76. The summed E-state index contributed by atoms with van der Waals surface area (Å²) in [6.45, 7) is 16.8. The minimum absolute atomic E-state index is 0.0392. The summed E-state index contributed by atoms with van der Waals surface area (Å²) in [7, 11) is 0. The number of aliphatic hydroxyl groups excluding tert-OH is 1. The number of amides is 2. The van der Waals surface area contributed by atoms with Crippen molar-refractivity contribution in [2.75, 3.05) is 6.54 Å².